The number of nitrogens with one attached hydrogen (secondary N) is 1. The third kappa shape index (κ3) is 8.20. The van der Waals surface area contributed by atoms with Crippen LogP contribution in [0.25, 0.3) is 0 Å². The molecule has 0 aliphatic rings. The van der Waals surface area contributed by atoms with Gasteiger partial charge >= 0.3 is 0 Å². The van der Waals surface area contributed by atoms with Crippen LogP contribution in [-0.4, -0.2) is 50.0 Å². The van der Waals surface area contributed by atoms with Crippen molar-refractivity contribution < 1.29 is 22.4 Å². The molecule has 2 atom stereocenters. The molecule has 2 rings (SSSR count). The second-order valence-corrected chi connectivity index (χ2v) is 11.3. The van der Waals surface area contributed by atoms with Crippen molar-refractivity contribution in [3.8, 4) is 0 Å². The zero-order valence-electron chi connectivity index (χ0n) is 21.4. The van der Waals surface area contributed by atoms with Crippen molar-refractivity contribution in [2.75, 3.05) is 17.1 Å². The summed E-state index contributed by atoms with van der Waals surface area (Å²) in [5.41, 5.74) is 1.77. The number of hydrogen-bond acceptors (Lipinski definition) is 4. The fourth-order valence-corrected chi connectivity index (χ4v) is 4.87. The summed E-state index contributed by atoms with van der Waals surface area (Å²) in [7, 11) is -3.62. The topological polar surface area (TPSA) is 86.8 Å². The van der Waals surface area contributed by atoms with Crippen LogP contribution in [0.3, 0.4) is 0 Å². The van der Waals surface area contributed by atoms with Crippen LogP contribution < -0.4 is 9.62 Å². The van der Waals surface area contributed by atoms with Crippen molar-refractivity contribution >= 4 is 39.1 Å². The smallest absolute Gasteiger partial charge is 0.242 e. The molecule has 2 aromatic carbocycles. The van der Waals surface area contributed by atoms with Crippen molar-refractivity contribution in [2.24, 2.45) is 0 Å². The van der Waals surface area contributed by atoms with E-state index in [1.807, 2.05) is 13.8 Å². The highest BCUT2D eigenvalue weighted by Crippen LogP contribution is 2.28. The van der Waals surface area contributed by atoms with Crippen LogP contribution in [0.1, 0.15) is 51.2 Å². The number of carbonyl (C=O) groups is 2. The molecule has 2 amide bonds. The number of nitrogens with zero attached hydrogens (tertiary/aromatic N) is 2. The van der Waals surface area contributed by atoms with E-state index in [0.717, 1.165) is 12.7 Å². The molecule has 0 bridgehead atoms. The number of halogens is 2. The molecule has 0 saturated heterocycles. The molecule has 2 aromatic rings. The standard InChI is InChI=1S/C26H35ClFN3O4S/c1-6-18(2)29-26(33)20(4)30(17-21-12-14-22(28)15-13-21)25(32)11-8-16-31(36(5,34)35)24-10-7-9-23(27)19(24)3/h7,9-10,12-15,18,20H,6,8,11,16-17H2,1-5H3,(H,29,33)/t18-,20-/m1/s1. The minimum atomic E-state index is -3.62. The second-order valence-electron chi connectivity index (χ2n) is 8.96. The van der Waals surface area contributed by atoms with Crippen molar-refractivity contribution in [1.29, 1.82) is 0 Å². The van der Waals surface area contributed by atoms with Gasteiger partial charge in [-0.1, -0.05) is 36.7 Å². The van der Waals surface area contributed by atoms with Crippen LogP contribution in [0.2, 0.25) is 5.02 Å². The third-order valence-corrected chi connectivity index (χ3v) is 7.68. The monoisotopic (exact) mass is 539 g/mol. The third-order valence-electron chi connectivity index (χ3n) is 6.09. The van der Waals surface area contributed by atoms with Gasteiger partial charge in [0.1, 0.15) is 11.9 Å². The molecule has 0 saturated carbocycles. The molecule has 10 heteroatoms. The van der Waals surface area contributed by atoms with Gasteiger partial charge in [0.05, 0.1) is 11.9 Å². The van der Waals surface area contributed by atoms with Crippen LogP contribution in [-0.2, 0) is 26.2 Å². The average Bonchev–Trinajstić information content (AvgIpc) is 2.82. The van der Waals surface area contributed by atoms with E-state index in [0.29, 0.717) is 21.8 Å². The molecular weight excluding hydrogens is 505 g/mol. The van der Waals surface area contributed by atoms with Crippen molar-refractivity contribution in [3.05, 3.63) is 64.4 Å². The molecule has 0 radical (unpaired) electrons. The predicted molar refractivity (Wildman–Crippen MR) is 142 cm³/mol. The lowest BCUT2D eigenvalue weighted by Gasteiger charge is -2.30. The maximum atomic E-state index is 13.4. The summed E-state index contributed by atoms with van der Waals surface area (Å²) < 4.78 is 39.6. The molecule has 198 valence electrons. The van der Waals surface area contributed by atoms with Gasteiger partial charge in [0.2, 0.25) is 21.8 Å². The van der Waals surface area contributed by atoms with E-state index in [4.69, 9.17) is 11.6 Å². The molecule has 0 aliphatic heterocycles. The molecule has 0 spiro atoms. The maximum absolute atomic E-state index is 13.4. The quantitative estimate of drug-likeness (QED) is 0.425. The van der Waals surface area contributed by atoms with Gasteiger partial charge in [-0.3, -0.25) is 13.9 Å². The van der Waals surface area contributed by atoms with Gasteiger partial charge in [-0.2, -0.15) is 0 Å². The summed E-state index contributed by atoms with van der Waals surface area (Å²) in [6.07, 6.45) is 2.11. The first-order chi connectivity index (χ1) is 16.8. The Morgan fingerprint density at radius 2 is 1.75 bits per heavy atom. The predicted octanol–water partition coefficient (Wildman–Crippen LogP) is 4.67. The van der Waals surface area contributed by atoms with Gasteiger partial charge in [-0.25, -0.2) is 12.8 Å². The Balaban J connectivity index is 2.20. The normalized spacial score (nSPS) is 13.1. The highest BCUT2D eigenvalue weighted by Gasteiger charge is 2.27. The average molecular weight is 540 g/mol. The lowest BCUT2D eigenvalue weighted by Crippen LogP contribution is -2.49. The Hall–Kier alpha value is -2.65. The van der Waals surface area contributed by atoms with Crippen LogP contribution >= 0.6 is 11.6 Å². The number of hydrogen-bond donors (Lipinski definition) is 1. The zero-order valence-corrected chi connectivity index (χ0v) is 23.0. The summed E-state index contributed by atoms with van der Waals surface area (Å²) in [5.74, 6) is -0.981. The minimum absolute atomic E-state index is 0.0216. The van der Waals surface area contributed by atoms with Gasteiger partial charge in [-0.05, 0) is 69.0 Å². The lowest BCUT2D eigenvalue weighted by molar-refractivity contribution is -0.140. The molecule has 1 N–H and O–H groups in total. The van der Waals surface area contributed by atoms with Crippen LogP contribution in [0.4, 0.5) is 10.1 Å². The van der Waals surface area contributed by atoms with E-state index in [1.165, 1.54) is 21.3 Å². The summed E-state index contributed by atoms with van der Waals surface area (Å²) in [5, 5.41) is 3.34. The van der Waals surface area contributed by atoms with Crippen LogP contribution in [0.15, 0.2) is 42.5 Å². The molecule has 7 nitrogen and oxygen atoms in total. The SMILES string of the molecule is CC[C@@H](C)NC(=O)[C@@H](C)N(Cc1ccc(F)cc1)C(=O)CCCN(c1cccc(Cl)c1C)S(C)(=O)=O. The Kier molecular flexibility index (Phi) is 10.7. The number of amides is 2. The number of rotatable bonds is 12. The molecular formula is C26H35ClFN3O4S. The Morgan fingerprint density at radius 3 is 2.33 bits per heavy atom. The molecule has 0 aromatic heterocycles. The Labute approximate surface area is 218 Å². The number of sulfonamides is 1. The van der Waals surface area contributed by atoms with Crippen LogP contribution in [0.5, 0.6) is 0 Å². The van der Waals surface area contributed by atoms with E-state index in [-0.39, 0.29) is 43.8 Å². The molecule has 0 heterocycles. The summed E-state index contributed by atoms with van der Waals surface area (Å²) in [4.78, 5) is 27.5. The van der Waals surface area contributed by atoms with Gasteiger partial charge < -0.3 is 10.2 Å². The first-order valence-electron chi connectivity index (χ1n) is 11.9. The van der Waals surface area contributed by atoms with Gasteiger partial charge in [0, 0.05) is 30.6 Å². The zero-order chi connectivity index (χ0) is 27.0. The first kappa shape index (κ1) is 29.6. The van der Waals surface area contributed by atoms with E-state index >= 15 is 0 Å². The van der Waals surface area contributed by atoms with E-state index < -0.39 is 21.9 Å². The van der Waals surface area contributed by atoms with Crippen molar-refractivity contribution in [1.82, 2.24) is 10.2 Å². The van der Waals surface area contributed by atoms with Gasteiger partial charge in [0.15, 0.2) is 0 Å². The fraction of sp³-hybridized carbons (Fsp3) is 0.462. The molecule has 36 heavy (non-hydrogen) atoms. The van der Waals surface area contributed by atoms with E-state index in [9.17, 15) is 22.4 Å². The van der Waals surface area contributed by atoms with Crippen LogP contribution in [0, 0.1) is 12.7 Å². The van der Waals surface area contributed by atoms with Crippen molar-refractivity contribution in [2.45, 2.75) is 65.6 Å². The largest absolute Gasteiger partial charge is 0.352 e. The number of carbonyl (C=O) groups excluding carboxylic acids is 2. The summed E-state index contributed by atoms with van der Waals surface area (Å²) >= 11 is 6.19. The van der Waals surface area contributed by atoms with Gasteiger partial charge in [-0.15, -0.1) is 0 Å². The Morgan fingerprint density at radius 1 is 1.11 bits per heavy atom. The van der Waals surface area contributed by atoms with E-state index in [2.05, 4.69) is 5.32 Å². The second kappa shape index (κ2) is 13.1. The highest BCUT2D eigenvalue weighted by atomic mass is 35.5. The summed E-state index contributed by atoms with van der Waals surface area (Å²) in [6.45, 7) is 7.42. The highest BCUT2D eigenvalue weighted by molar-refractivity contribution is 7.92. The molecule has 0 unspecified atom stereocenters. The summed E-state index contributed by atoms with van der Waals surface area (Å²) in [6, 6.07) is 9.97. The lowest BCUT2D eigenvalue weighted by atomic mass is 10.1. The number of anilines is 1. The minimum Gasteiger partial charge on any atom is -0.352 e. The molecule has 0 aliphatic carbocycles. The number of benzene rings is 2. The fourth-order valence-electron chi connectivity index (χ4n) is 3.68. The first-order valence-corrected chi connectivity index (χ1v) is 14.1. The molecule has 0 fully saturated rings. The van der Waals surface area contributed by atoms with E-state index in [1.54, 1.807) is 44.2 Å². The van der Waals surface area contributed by atoms with Gasteiger partial charge in [0.25, 0.3) is 0 Å². The Bertz CT molecular complexity index is 1160. The van der Waals surface area contributed by atoms with Crippen molar-refractivity contribution in [3.63, 3.8) is 0 Å². The maximum Gasteiger partial charge on any atom is 0.242 e.